The maximum absolute atomic E-state index is 12.9. The summed E-state index contributed by atoms with van der Waals surface area (Å²) >= 11 is 0. The Labute approximate surface area is 438 Å². The molecule has 12 nitrogen and oxygen atoms in total. The Bertz CT molecular complexity index is 1460. The number of phosphoric acid groups is 1. The lowest BCUT2D eigenvalue weighted by atomic mass is 9.85. The van der Waals surface area contributed by atoms with E-state index in [0.29, 0.717) is 13.0 Å². The first-order chi connectivity index (χ1) is 35.0. The van der Waals surface area contributed by atoms with Gasteiger partial charge in [-0.1, -0.05) is 209 Å². The predicted octanol–water partition coefficient (Wildman–Crippen LogP) is 13.9. The van der Waals surface area contributed by atoms with Crippen molar-refractivity contribution in [3.8, 4) is 0 Å². The quantitative estimate of drug-likeness (QED) is 0.0146. The van der Waals surface area contributed by atoms with Crippen LogP contribution in [-0.2, 0) is 27.9 Å². The molecule has 1 rings (SSSR count). The van der Waals surface area contributed by atoms with E-state index in [1.54, 1.807) is 0 Å². The second kappa shape index (κ2) is 48.4. The number of aliphatic hydroxyl groups is 5. The van der Waals surface area contributed by atoms with E-state index in [2.05, 4.69) is 86.8 Å². The number of hydrogen-bond donors (Lipinski definition) is 6. The molecule has 418 valence electrons. The van der Waals surface area contributed by atoms with Crippen LogP contribution in [0.4, 0.5) is 0 Å². The summed E-state index contributed by atoms with van der Waals surface area (Å²) in [7, 11) is -5.04. The first-order valence-corrected chi connectivity index (χ1v) is 30.3. The van der Waals surface area contributed by atoms with Crippen molar-refractivity contribution in [2.24, 2.45) is 0 Å². The second-order valence-electron chi connectivity index (χ2n) is 19.8. The molecule has 1 saturated carbocycles. The molecule has 6 N–H and O–H groups in total. The second-order valence-corrected chi connectivity index (χ2v) is 21.2. The topological polar surface area (TPSA) is 192 Å². The van der Waals surface area contributed by atoms with E-state index >= 15 is 0 Å². The van der Waals surface area contributed by atoms with E-state index in [-0.39, 0.29) is 13.0 Å². The van der Waals surface area contributed by atoms with Gasteiger partial charge in [-0.15, -0.1) is 0 Å². The number of esters is 1. The van der Waals surface area contributed by atoms with Crippen LogP contribution in [0.3, 0.4) is 0 Å². The van der Waals surface area contributed by atoms with E-state index in [0.717, 1.165) is 89.9 Å². The van der Waals surface area contributed by atoms with Gasteiger partial charge < -0.3 is 39.9 Å². The number of carbonyl (C=O) groups excluding carboxylic acids is 1. The Kier molecular flexibility index (Phi) is 45.6. The molecule has 1 aliphatic rings. The number of hydrogen-bond acceptors (Lipinski definition) is 11. The Morgan fingerprint density at radius 1 is 0.444 bits per heavy atom. The normalized spacial score (nSPS) is 21.2. The SMILES string of the molecule is CCCCCCC/C=C\C/C=C\C/C=C\CCCCCCCCCCC(=O)OC(COCCCCCCCCC/C=C\C/C=C\C/C=C\CCCCCCC)COP(=O)(O)OC1C(O)C(O)C(O)C(O)C1O. The number of carbonyl (C=O) groups is 1. The van der Waals surface area contributed by atoms with Crippen LogP contribution in [-0.4, -0.2) is 98.9 Å². The molecule has 0 aliphatic heterocycles. The average molecular weight is 1040 g/mol. The summed E-state index contributed by atoms with van der Waals surface area (Å²) < 4.78 is 34.4. The Morgan fingerprint density at radius 3 is 1.18 bits per heavy atom. The maximum atomic E-state index is 12.9. The molecule has 0 aromatic heterocycles. The summed E-state index contributed by atoms with van der Waals surface area (Å²) in [5.41, 5.74) is 0. The highest BCUT2D eigenvalue weighted by atomic mass is 31.2. The van der Waals surface area contributed by atoms with E-state index < -0.39 is 63.1 Å². The number of rotatable bonds is 49. The third-order valence-corrected chi connectivity index (χ3v) is 14.0. The minimum absolute atomic E-state index is 0.0896. The highest BCUT2D eigenvalue weighted by molar-refractivity contribution is 7.47. The van der Waals surface area contributed by atoms with Gasteiger partial charge in [0.05, 0.1) is 13.2 Å². The molecule has 0 amide bonds. The van der Waals surface area contributed by atoms with Crippen molar-refractivity contribution < 1.29 is 58.3 Å². The third-order valence-electron chi connectivity index (χ3n) is 13.1. The number of unbranched alkanes of at least 4 members (excludes halogenated alkanes) is 25. The van der Waals surface area contributed by atoms with Crippen molar-refractivity contribution >= 4 is 13.8 Å². The zero-order valence-electron chi connectivity index (χ0n) is 45.2. The van der Waals surface area contributed by atoms with Crippen LogP contribution in [0.5, 0.6) is 0 Å². The predicted molar refractivity (Wildman–Crippen MR) is 295 cm³/mol. The van der Waals surface area contributed by atoms with Gasteiger partial charge in [0.15, 0.2) is 0 Å². The molecule has 0 aromatic carbocycles. The van der Waals surface area contributed by atoms with E-state index in [1.165, 1.54) is 116 Å². The molecular formula is C59H105O12P. The fraction of sp³-hybridized carbons (Fsp3) is 0.780. The van der Waals surface area contributed by atoms with Crippen LogP contribution in [0.15, 0.2) is 72.9 Å². The largest absolute Gasteiger partial charge is 0.472 e. The summed E-state index contributed by atoms with van der Waals surface area (Å²) in [5, 5.41) is 50.4. The van der Waals surface area contributed by atoms with Gasteiger partial charge in [0.1, 0.15) is 42.7 Å². The Balaban J connectivity index is 2.32. The minimum Gasteiger partial charge on any atom is -0.457 e. The van der Waals surface area contributed by atoms with Crippen molar-refractivity contribution in [3.05, 3.63) is 72.9 Å². The lowest BCUT2D eigenvalue weighted by molar-refractivity contribution is -0.220. The maximum Gasteiger partial charge on any atom is 0.472 e. The summed E-state index contributed by atoms with van der Waals surface area (Å²) in [6, 6.07) is 0. The molecule has 72 heavy (non-hydrogen) atoms. The third kappa shape index (κ3) is 39.2. The molecule has 6 unspecified atom stereocenters. The molecule has 6 atom stereocenters. The molecule has 0 spiro atoms. The van der Waals surface area contributed by atoms with Crippen LogP contribution in [0, 0.1) is 0 Å². The molecule has 13 heteroatoms. The number of allylic oxidation sites excluding steroid dienone is 12. The van der Waals surface area contributed by atoms with E-state index in [9.17, 15) is 39.8 Å². The van der Waals surface area contributed by atoms with Crippen LogP contribution >= 0.6 is 7.82 Å². The van der Waals surface area contributed by atoms with Crippen molar-refractivity contribution in [2.45, 2.75) is 275 Å². The minimum atomic E-state index is -5.04. The molecule has 1 aliphatic carbocycles. The van der Waals surface area contributed by atoms with Crippen molar-refractivity contribution in [1.29, 1.82) is 0 Å². The summed E-state index contributed by atoms with van der Waals surface area (Å²) in [6.07, 6.45) is 52.5. The van der Waals surface area contributed by atoms with Crippen LogP contribution < -0.4 is 0 Å². The van der Waals surface area contributed by atoms with Gasteiger partial charge in [-0.25, -0.2) is 4.57 Å². The van der Waals surface area contributed by atoms with Gasteiger partial charge in [0.25, 0.3) is 0 Å². The zero-order chi connectivity index (χ0) is 52.6. The van der Waals surface area contributed by atoms with E-state index in [1.807, 2.05) is 0 Å². The smallest absolute Gasteiger partial charge is 0.457 e. The lowest BCUT2D eigenvalue weighted by Crippen LogP contribution is -2.64. The Morgan fingerprint density at radius 2 is 0.778 bits per heavy atom. The van der Waals surface area contributed by atoms with Crippen molar-refractivity contribution in [1.82, 2.24) is 0 Å². The Hall–Kier alpha value is -2.22. The fourth-order valence-electron chi connectivity index (χ4n) is 8.49. The molecule has 0 heterocycles. The van der Waals surface area contributed by atoms with Crippen molar-refractivity contribution in [2.75, 3.05) is 19.8 Å². The van der Waals surface area contributed by atoms with Crippen LogP contribution in [0.2, 0.25) is 0 Å². The van der Waals surface area contributed by atoms with Gasteiger partial charge in [-0.2, -0.15) is 0 Å². The lowest BCUT2D eigenvalue weighted by Gasteiger charge is -2.41. The number of aliphatic hydroxyl groups excluding tert-OH is 5. The molecule has 1 fully saturated rings. The van der Waals surface area contributed by atoms with Crippen molar-refractivity contribution in [3.63, 3.8) is 0 Å². The standard InChI is InChI=1S/C59H105O12P/c1-3-5-7-9-11-13-15-17-19-21-23-25-27-28-30-32-34-36-38-40-42-44-46-48-53(60)70-52(51-69-72(66,67)71-59-57(64)55(62)54(61)56(63)58(59)65)50-68-49-47-45-43-41-39-37-35-33-31-29-26-24-22-20-18-16-14-12-10-8-6-4-2/h15-18,21-24,27-29,31,52,54-59,61-65H,3-14,19-20,25-26,30,32-51H2,1-2H3,(H,66,67)/b17-15-,18-16-,23-21-,24-22-,28-27-,31-29-. The number of phosphoric ester groups is 1. The fourth-order valence-corrected chi connectivity index (χ4v) is 9.46. The molecule has 0 saturated heterocycles. The summed E-state index contributed by atoms with van der Waals surface area (Å²) in [5.74, 6) is -0.488. The average Bonchev–Trinajstić information content (AvgIpc) is 3.37. The van der Waals surface area contributed by atoms with Crippen LogP contribution in [0.1, 0.15) is 232 Å². The van der Waals surface area contributed by atoms with Gasteiger partial charge in [-0.3, -0.25) is 13.8 Å². The molecular weight excluding hydrogens is 932 g/mol. The molecule has 0 radical (unpaired) electrons. The molecule has 0 aromatic rings. The first kappa shape index (κ1) is 67.8. The number of ether oxygens (including phenoxy) is 2. The first-order valence-electron chi connectivity index (χ1n) is 28.8. The summed E-state index contributed by atoms with van der Waals surface area (Å²) in [6.45, 7) is 4.23. The van der Waals surface area contributed by atoms with Gasteiger partial charge in [0, 0.05) is 13.0 Å². The van der Waals surface area contributed by atoms with E-state index in [4.69, 9.17) is 18.5 Å². The van der Waals surface area contributed by atoms with Gasteiger partial charge in [-0.05, 0) is 89.9 Å². The zero-order valence-corrected chi connectivity index (χ0v) is 46.1. The highest BCUT2D eigenvalue weighted by Crippen LogP contribution is 2.47. The van der Waals surface area contributed by atoms with Crippen LogP contribution in [0.25, 0.3) is 0 Å². The highest BCUT2D eigenvalue weighted by Gasteiger charge is 2.51. The van der Waals surface area contributed by atoms with Gasteiger partial charge in [0.2, 0.25) is 0 Å². The summed E-state index contributed by atoms with van der Waals surface area (Å²) in [4.78, 5) is 23.3. The molecule has 0 bridgehead atoms. The van der Waals surface area contributed by atoms with Gasteiger partial charge >= 0.3 is 13.8 Å². The monoisotopic (exact) mass is 1040 g/mol.